The van der Waals surface area contributed by atoms with E-state index in [9.17, 15) is 14.4 Å². The number of urea groups is 1. The predicted octanol–water partition coefficient (Wildman–Crippen LogP) is 2.08. The molecule has 9 nitrogen and oxygen atoms in total. The maximum absolute atomic E-state index is 13.2. The van der Waals surface area contributed by atoms with E-state index in [0.717, 1.165) is 4.90 Å². The van der Waals surface area contributed by atoms with Crippen molar-refractivity contribution in [3.63, 3.8) is 0 Å². The molecule has 1 atom stereocenters. The lowest BCUT2D eigenvalue weighted by Gasteiger charge is -2.19. The molecule has 0 radical (unpaired) electrons. The molecule has 5 rings (SSSR count). The number of aromatic nitrogens is 2. The summed E-state index contributed by atoms with van der Waals surface area (Å²) in [6.45, 7) is 1.74. The van der Waals surface area contributed by atoms with Gasteiger partial charge in [0.25, 0.3) is 11.8 Å². The molecule has 10 heteroatoms. The number of anilines is 1. The third-order valence-electron chi connectivity index (χ3n) is 5.05. The minimum Gasteiger partial charge on any atom is -0.323 e. The summed E-state index contributed by atoms with van der Waals surface area (Å²) in [6.07, 6.45) is 0. The predicted molar refractivity (Wildman–Crippen MR) is 97.4 cm³/mol. The minimum absolute atomic E-state index is 0.0304. The molecule has 1 spiro atoms. The van der Waals surface area contributed by atoms with Crippen molar-refractivity contribution >= 4 is 46.2 Å². The van der Waals surface area contributed by atoms with Gasteiger partial charge in [0.05, 0.1) is 12.2 Å². The van der Waals surface area contributed by atoms with Crippen LogP contribution >= 0.6 is 11.6 Å². The highest BCUT2D eigenvalue weighted by Gasteiger charge is 2.62. The standard InChI is InChI=1S/C18H12ClN5O4/c1-8-4-10(19)6-11-14(8)20-15(25)18(11)16(26)24(17(27)21-18)7-9-2-3-12-13(5-9)23-28-22-12/h2-6H,7H2,1H3,(H,20,25)(H,21,27). The number of carbonyl (C=O) groups excluding carboxylic acids is 3. The van der Waals surface area contributed by atoms with Crippen molar-refractivity contribution in [2.75, 3.05) is 5.32 Å². The van der Waals surface area contributed by atoms with Crippen molar-refractivity contribution in [3.8, 4) is 0 Å². The first-order chi connectivity index (χ1) is 13.4. The molecule has 1 unspecified atom stereocenters. The van der Waals surface area contributed by atoms with E-state index < -0.39 is 23.4 Å². The number of benzene rings is 2. The number of nitrogens with zero attached hydrogens (tertiary/aromatic N) is 3. The molecule has 1 saturated heterocycles. The molecule has 3 heterocycles. The summed E-state index contributed by atoms with van der Waals surface area (Å²) in [7, 11) is 0. The van der Waals surface area contributed by atoms with Crippen LogP contribution < -0.4 is 10.6 Å². The van der Waals surface area contributed by atoms with Gasteiger partial charge in [-0.05, 0) is 52.6 Å². The summed E-state index contributed by atoms with van der Waals surface area (Å²) in [5.74, 6) is -1.27. The molecule has 0 aliphatic carbocycles. The zero-order valence-electron chi connectivity index (χ0n) is 14.4. The number of halogens is 1. The van der Waals surface area contributed by atoms with Crippen LogP contribution in [0.2, 0.25) is 5.02 Å². The molecule has 1 fully saturated rings. The van der Waals surface area contributed by atoms with Crippen molar-refractivity contribution in [2.45, 2.75) is 19.0 Å². The Morgan fingerprint density at radius 1 is 1.14 bits per heavy atom. The summed E-state index contributed by atoms with van der Waals surface area (Å²) in [5.41, 5.74) is 1.43. The van der Waals surface area contributed by atoms with Gasteiger partial charge in [0.15, 0.2) is 0 Å². The van der Waals surface area contributed by atoms with Crippen LogP contribution in [0.15, 0.2) is 35.0 Å². The topological polar surface area (TPSA) is 117 Å². The van der Waals surface area contributed by atoms with Crippen LogP contribution in [0, 0.1) is 6.92 Å². The van der Waals surface area contributed by atoms with Gasteiger partial charge < -0.3 is 10.6 Å². The van der Waals surface area contributed by atoms with Gasteiger partial charge in [0.2, 0.25) is 5.54 Å². The van der Waals surface area contributed by atoms with Crippen LogP contribution in [0.3, 0.4) is 0 Å². The smallest absolute Gasteiger partial charge is 0.323 e. The number of rotatable bonds is 2. The van der Waals surface area contributed by atoms with Crippen LogP contribution in [0.4, 0.5) is 10.5 Å². The monoisotopic (exact) mass is 397 g/mol. The number of amides is 4. The molecule has 1 aromatic heterocycles. The molecule has 140 valence electrons. The number of carbonyl (C=O) groups is 3. The second-order valence-corrected chi connectivity index (χ2v) is 7.19. The number of imide groups is 1. The number of fused-ring (bicyclic) bond motifs is 3. The Hall–Kier alpha value is -3.46. The van der Waals surface area contributed by atoms with Crippen molar-refractivity contribution in [2.24, 2.45) is 0 Å². The normalized spacial score (nSPS) is 20.8. The van der Waals surface area contributed by atoms with Gasteiger partial charge in [0.1, 0.15) is 11.0 Å². The van der Waals surface area contributed by atoms with Crippen LogP contribution in [-0.4, -0.2) is 33.1 Å². The molecule has 2 N–H and O–H groups in total. The summed E-state index contributed by atoms with van der Waals surface area (Å²) in [4.78, 5) is 39.6. The van der Waals surface area contributed by atoms with Gasteiger partial charge in [-0.25, -0.2) is 9.42 Å². The fraction of sp³-hybridized carbons (Fsp3) is 0.167. The Morgan fingerprint density at radius 3 is 2.75 bits per heavy atom. The van der Waals surface area contributed by atoms with Gasteiger partial charge in [-0.15, -0.1) is 0 Å². The third-order valence-corrected chi connectivity index (χ3v) is 5.27. The third kappa shape index (κ3) is 2.10. The lowest BCUT2D eigenvalue weighted by molar-refractivity contribution is -0.137. The lowest BCUT2D eigenvalue weighted by atomic mass is 9.90. The number of nitrogens with one attached hydrogen (secondary N) is 2. The number of aryl methyl sites for hydroxylation is 1. The maximum atomic E-state index is 13.2. The molecule has 3 aromatic rings. The molecule has 2 aromatic carbocycles. The molecule has 0 saturated carbocycles. The summed E-state index contributed by atoms with van der Waals surface area (Å²) in [5, 5.41) is 13.1. The fourth-order valence-corrected chi connectivity index (χ4v) is 3.97. The quantitative estimate of drug-likeness (QED) is 0.505. The van der Waals surface area contributed by atoms with Gasteiger partial charge >= 0.3 is 6.03 Å². The van der Waals surface area contributed by atoms with Gasteiger partial charge in [-0.2, -0.15) is 0 Å². The van der Waals surface area contributed by atoms with E-state index in [2.05, 4.69) is 25.6 Å². The molecular weight excluding hydrogens is 386 g/mol. The van der Waals surface area contributed by atoms with E-state index in [4.69, 9.17) is 11.6 Å². The van der Waals surface area contributed by atoms with Crippen molar-refractivity contribution in [3.05, 3.63) is 52.0 Å². The van der Waals surface area contributed by atoms with Crippen LogP contribution in [0.5, 0.6) is 0 Å². The van der Waals surface area contributed by atoms with Gasteiger partial charge in [-0.1, -0.05) is 17.7 Å². The Labute approximate surface area is 162 Å². The summed E-state index contributed by atoms with van der Waals surface area (Å²) < 4.78 is 4.66. The molecular formula is C18H12ClN5O4. The fourth-order valence-electron chi connectivity index (χ4n) is 3.70. The van der Waals surface area contributed by atoms with E-state index >= 15 is 0 Å². The first kappa shape index (κ1) is 16.7. The van der Waals surface area contributed by atoms with E-state index in [-0.39, 0.29) is 6.54 Å². The largest absolute Gasteiger partial charge is 0.326 e. The Bertz CT molecular complexity index is 1210. The molecule has 28 heavy (non-hydrogen) atoms. The second-order valence-electron chi connectivity index (χ2n) is 6.76. The molecule has 0 bridgehead atoms. The zero-order valence-corrected chi connectivity index (χ0v) is 15.2. The molecule has 2 aliphatic rings. The number of hydrogen-bond acceptors (Lipinski definition) is 6. The van der Waals surface area contributed by atoms with Crippen molar-refractivity contribution in [1.82, 2.24) is 20.5 Å². The van der Waals surface area contributed by atoms with E-state index in [0.29, 0.717) is 38.4 Å². The van der Waals surface area contributed by atoms with Crippen LogP contribution in [0.1, 0.15) is 16.7 Å². The minimum atomic E-state index is -1.82. The average molecular weight is 398 g/mol. The Morgan fingerprint density at radius 2 is 1.93 bits per heavy atom. The van der Waals surface area contributed by atoms with Crippen molar-refractivity contribution in [1.29, 1.82) is 0 Å². The first-order valence-electron chi connectivity index (χ1n) is 8.37. The highest BCUT2D eigenvalue weighted by atomic mass is 35.5. The van der Waals surface area contributed by atoms with Crippen molar-refractivity contribution < 1.29 is 19.0 Å². The second kappa shape index (κ2) is 5.52. The van der Waals surface area contributed by atoms with Gasteiger partial charge in [0, 0.05) is 10.6 Å². The summed E-state index contributed by atoms with van der Waals surface area (Å²) >= 11 is 6.13. The zero-order chi connectivity index (χ0) is 19.6. The van der Waals surface area contributed by atoms with E-state index in [1.165, 1.54) is 6.07 Å². The average Bonchev–Trinajstić information content (AvgIpc) is 3.29. The summed E-state index contributed by atoms with van der Waals surface area (Å²) in [6, 6.07) is 7.60. The SMILES string of the molecule is Cc1cc(Cl)cc2c1NC(=O)C21NC(=O)N(Cc2ccc3nonc3c2)C1=O. The Kier molecular flexibility index (Phi) is 3.29. The molecule has 2 aliphatic heterocycles. The van der Waals surface area contributed by atoms with E-state index in [1.54, 1.807) is 31.2 Å². The maximum Gasteiger partial charge on any atom is 0.326 e. The van der Waals surface area contributed by atoms with Gasteiger partial charge in [-0.3, -0.25) is 14.5 Å². The highest BCUT2D eigenvalue weighted by Crippen LogP contribution is 2.43. The first-order valence-corrected chi connectivity index (χ1v) is 8.75. The van der Waals surface area contributed by atoms with E-state index in [1.807, 2.05) is 0 Å². The Balaban J connectivity index is 1.55. The van der Waals surface area contributed by atoms with Crippen LogP contribution in [0.25, 0.3) is 11.0 Å². The lowest BCUT2D eigenvalue weighted by Crippen LogP contribution is -2.49. The molecule has 4 amide bonds. The number of hydrogen-bond donors (Lipinski definition) is 2. The highest BCUT2D eigenvalue weighted by molar-refractivity contribution is 6.32. The van der Waals surface area contributed by atoms with Crippen LogP contribution in [-0.2, 0) is 21.7 Å².